The number of likely N-dealkylation sites (tertiary alicyclic amines) is 1. The highest BCUT2D eigenvalue weighted by molar-refractivity contribution is 8.07. The average molecular weight is 1370 g/mol. The molecule has 0 spiro atoms. The highest BCUT2D eigenvalue weighted by Gasteiger charge is 2.54. The van der Waals surface area contributed by atoms with E-state index in [2.05, 4.69) is 56.5 Å². The van der Waals surface area contributed by atoms with Gasteiger partial charge in [-0.05, 0) is 79.3 Å². The van der Waals surface area contributed by atoms with Crippen molar-refractivity contribution < 1.29 is 84.4 Å². The molecule has 38 heteroatoms. The third-order valence-corrected chi connectivity index (χ3v) is 18.7. The first-order valence-corrected chi connectivity index (χ1v) is 34.8. The van der Waals surface area contributed by atoms with Gasteiger partial charge in [-0.15, -0.1) is 0 Å². The van der Waals surface area contributed by atoms with E-state index < -0.39 is 106 Å². The lowest BCUT2D eigenvalue weighted by atomic mass is 9.89. The number of ketones is 1. The Morgan fingerprint density at radius 1 is 0.793 bits per heavy atom. The lowest BCUT2D eigenvalue weighted by Crippen LogP contribution is -2.45. The molecular formula is C54H72F2N16O16P2S2. The number of imide groups is 1. The quantitative estimate of drug-likeness (QED) is 0.0216. The number of fused-ring (bicyclic) bond motifs is 4. The number of carbonyl (C=O) groups is 7. The first-order valence-electron chi connectivity index (χ1n) is 29.6. The number of nitrogens with one attached hydrogen (secondary N) is 5. The van der Waals surface area contributed by atoms with Gasteiger partial charge in [0.15, 0.2) is 59.0 Å². The van der Waals surface area contributed by atoms with Crippen LogP contribution >= 0.6 is 13.4 Å². The molecule has 500 valence electrons. The molecule has 8 heterocycles. The molecule has 0 saturated carbocycles. The van der Waals surface area contributed by atoms with Crippen molar-refractivity contribution >= 4 is 118 Å². The molecule has 9 rings (SSSR count). The van der Waals surface area contributed by atoms with Crippen LogP contribution in [0.4, 0.5) is 35.7 Å². The Balaban J connectivity index is 0.716. The van der Waals surface area contributed by atoms with Crippen molar-refractivity contribution in [1.82, 2.24) is 59.9 Å². The Bertz CT molecular complexity index is 3600. The van der Waals surface area contributed by atoms with E-state index in [0.717, 1.165) is 6.33 Å². The van der Waals surface area contributed by atoms with Crippen LogP contribution in [0.1, 0.15) is 96.6 Å². The largest absolute Gasteiger partial charge is 0.445 e. The number of halogens is 2. The second-order valence-electron chi connectivity index (χ2n) is 22.7. The molecule has 0 aliphatic carbocycles. The molecule has 5 aromatic rings. The summed E-state index contributed by atoms with van der Waals surface area (Å²) < 4.78 is 75.5. The number of hydrogen-bond donors (Lipinski definition) is 9. The van der Waals surface area contributed by atoms with E-state index in [0.29, 0.717) is 49.9 Å². The van der Waals surface area contributed by atoms with E-state index >= 15 is 8.78 Å². The number of nitrogen functional groups attached to an aromatic ring is 1. The van der Waals surface area contributed by atoms with Crippen molar-refractivity contribution in [3.63, 3.8) is 0 Å². The van der Waals surface area contributed by atoms with Gasteiger partial charge in [0, 0.05) is 63.0 Å². The summed E-state index contributed by atoms with van der Waals surface area (Å²) in [6.45, 7) is -4.04. The molecule has 4 aliphatic heterocycles. The number of Topliss-reactive ketones (excluding diaryl/α,β-unsaturated/α-hetero) is 1. The highest BCUT2D eigenvalue weighted by atomic mass is 32.5. The zero-order valence-corrected chi connectivity index (χ0v) is 53.5. The Morgan fingerprint density at radius 2 is 1.40 bits per heavy atom. The van der Waals surface area contributed by atoms with E-state index in [-0.39, 0.29) is 121 Å². The monoisotopic (exact) mass is 1360 g/mol. The van der Waals surface area contributed by atoms with Gasteiger partial charge in [-0.25, -0.2) is 48.3 Å². The molecular weight excluding hydrogens is 1290 g/mol. The summed E-state index contributed by atoms with van der Waals surface area (Å²) in [4.78, 5) is 138. The minimum absolute atomic E-state index is 0.0280. The molecule has 11 N–H and O–H groups in total. The van der Waals surface area contributed by atoms with E-state index in [1.54, 1.807) is 45.0 Å². The molecule has 4 aromatic heterocycles. The van der Waals surface area contributed by atoms with Crippen LogP contribution in [0.5, 0.6) is 0 Å². The van der Waals surface area contributed by atoms with Crippen LogP contribution < -0.4 is 38.1 Å². The topological polar surface area (TPSA) is 427 Å². The maximum absolute atomic E-state index is 16.7. The second-order valence-corrected chi connectivity index (χ2v) is 28.3. The summed E-state index contributed by atoms with van der Waals surface area (Å²) >= 11 is 10.6. The lowest BCUT2D eigenvalue weighted by Gasteiger charge is -2.29. The number of alkyl halides is 2. The molecule has 1 aromatic carbocycles. The van der Waals surface area contributed by atoms with Gasteiger partial charge < -0.3 is 71.1 Å². The fraction of sp³-hybridized carbons (Fsp3) is 0.574. The van der Waals surface area contributed by atoms with E-state index in [4.69, 9.17) is 67.4 Å². The fourth-order valence-corrected chi connectivity index (χ4v) is 13.7. The standard InChI is InChI=1S/C54H72F2N16O16P2S2/c1-28(2)40(69-36(74)10-5-4-6-18-70-37(75)19-29(3)50(70)77)33(73)20-31(9-7-15-60-53(58)78)49(76)68-32-13-11-30(12-14-32)21-82-54(79)61-17-8-16-59-46-42-48(65-25-63-46)72(27-67-42)52-39(56)44-35(86-52)23-84-89(80,91)87-43-34(22-83-90(81,92)88-44)85-51(38(43)55)71-26-66-41-45(57)62-24-64-47(41)71/h11-14,24-29,31,34-35,38-40,43-44,51-52H,4-10,15-23H2,1-3H3,(H,61,79)(H,68,76)(H,69,74)(H,80,91)(H,81,92)(H2,57,62,64)(H3,58,60,78)(H,59,63,65)/t29?,31-,34-,35-,38-,39-,40?,43-,44-,51-,52-,89?,90?/m1/s1. The third kappa shape index (κ3) is 17.4. The van der Waals surface area contributed by atoms with Gasteiger partial charge >= 0.3 is 25.6 Å². The molecule has 92 heavy (non-hydrogen) atoms. The van der Waals surface area contributed by atoms with Crippen LogP contribution in [0.2, 0.25) is 0 Å². The SMILES string of the molecule is CC1CC(=O)N(CCCCCC(=O)NC(C(=O)C[C@@H](CCCNC(N)=O)C(=O)Nc2ccc(COC(=O)NCCCNc3ncnc4c3ncn4[C@@H]3O[C@@H]4COP(O)(=S)O[C@H]5[C@@H](F)[C@H](n6cnc7c(N)ncnc76)O[C@@H]5COP(O)(=S)O[C@H]4[C@H]3F)cc2)C(C)C)C1=O. The first kappa shape index (κ1) is 69.4. The summed E-state index contributed by atoms with van der Waals surface area (Å²) in [5, 5.41) is 13.9. The van der Waals surface area contributed by atoms with Crippen LogP contribution in [-0.2, 0) is 86.5 Å². The van der Waals surface area contributed by atoms with Gasteiger partial charge in [-0.3, -0.25) is 47.1 Å². The summed E-state index contributed by atoms with van der Waals surface area (Å²) in [6, 6.07) is 4.89. The van der Waals surface area contributed by atoms with Crippen LogP contribution in [0, 0.1) is 17.8 Å². The van der Waals surface area contributed by atoms with Gasteiger partial charge in [0.1, 0.15) is 49.2 Å². The average Bonchev–Trinajstić information content (AvgIpc) is 1.62. The van der Waals surface area contributed by atoms with Crippen molar-refractivity contribution in [3.05, 3.63) is 55.1 Å². The number of alkyl carbamates (subject to hydrolysis) is 1. The number of aromatic nitrogens is 8. The number of nitrogens with zero attached hydrogens (tertiary/aromatic N) is 9. The van der Waals surface area contributed by atoms with E-state index in [1.165, 1.54) is 33.0 Å². The van der Waals surface area contributed by atoms with E-state index in [9.17, 15) is 43.3 Å². The fourth-order valence-electron chi connectivity index (χ4n) is 10.8. The summed E-state index contributed by atoms with van der Waals surface area (Å²) in [5.41, 5.74) is 12.7. The van der Waals surface area contributed by atoms with Crippen molar-refractivity contribution in [1.29, 1.82) is 0 Å². The number of nitrogens with two attached hydrogens (primary N) is 2. The maximum atomic E-state index is 16.7. The van der Waals surface area contributed by atoms with Crippen molar-refractivity contribution in [2.75, 3.05) is 55.8 Å². The molecule has 4 unspecified atom stereocenters. The number of ether oxygens (including phenoxy) is 3. The van der Waals surface area contributed by atoms with Crippen LogP contribution in [0.25, 0.3) is 22.3 Å². The zero-order valence-electron chi connectivity index (χ0n) is 50.1. The number of benzene rings is 1. The molecule has 7 amide bonds. The Kier molecular flexibility index (Phi) is 23.3. The molecule has 4 aliphatic rings. The molecule has 32 nitrogen and oxygen atoms in total. The van der Waals surface area contributed by atoms with Crippen LogP contribution in [0.15, 0.2) is 49.6 Å². The molecule has 4 saturated heterocycles. The number of hydrogen-bond acceptors (Lipinski definition) is 24. The van der Waals surface area contributed by atoms with Gasteiger partial charge in [0.25, 0.3) is 0 Å². The number of urea groups is 1. The highest BCUT2D eigenvalue weighted by Crippen LogP contribution is 2.55. The molecule has 4 fully saturated rings. The molecule has 0 radical (unpaired) electrons. The molecule has 0 bridgehead atoms. The number of amides is 7. The Labute approximate surface area is 535 Å². The number of imidazole rings is 2. The molecule has 13 atom stereocenters. The normalized spacial score (nSPS) is 26.6. The lowest BCUT2D eigenvalue weighted by molar-refractivity contribution is -0.139. The summed E-state index contributed by atoms with van der Waals surface area (Å²) in [7, 11) is 0. The van der Waals surface area contributed by atoms with Gasteiger partial charge in [-0.2, -0.15) is 0 Å². The predicted octanol–water partition coefficient (Wildman–Crippen LogP) is 3.76. The van der Waals surface area contributed by atoms with Crippen molar-refractivity contribution in [3.8, 4) is 0 Å². The minimum Gasteiger partial charge on any atom is -0.445 e. The zero-order chi connectivity index (χ0) is 66.0. The Morgan fingerprint density at radius 3 is 2.01 bits per heavy atom. The maximum Gasteiger partial charge on any atom is 0.407 e. The number of primary amides is 1. The van der Waals surface area contributed by atoms with Gasteiger partial charge in [0.2, 0.25) is 23.6 Å². The summed E-state index contributed by atoms with van der Waals surface area (Å²) in [6.07, 6.45) is -6.54. The van der Waals surface area contributed by atoms with Gasteiger partial charge in [-0.1, -0.05) is 39.3 Å². The predicted molar refractivity (Wildman–Crippen MR) is 329 cm³/mol. The van der Waals surface area contributed by atoms with Crippen LogP contribution in [-0.4, -0.2) is 177 Å². The number of anilines is 3. The van der Waals surface area contributed by atoms with Crippen molar-refractivity contribution in [2.24, 2.45) is 23.5 Å². The summed E-state index contributed by atoms with van der Waals surface area (Å²) in [5.74, 6) is -2.72. The Hall–Kier alpha value is -6.95. The second kappa shape index (κ2) is 30.9. The third-order valence-electron chi connectivity index (χ3n) is 15.6. The van der Waals surface area contributed by atoms with Gasteiger partial charge in [0.05, 0.1) is 31.9 Å². The number of unbranched alkanes of at least 4 members (excludes halogenated alkanes) is 2. The number of rotatable bonds is 26. The minimum atomic E-state index is -4.38. The first-order chi connectivity index (χ1) is 43.9. The van der Waals surface area contributed by atoms with Crippen LogP contribution in [0.3, 0.4) is 0 Å². The van der Waals surface area contributed by atoms with Crippen molar-refractivity contribution in [2.45, 2.75) is 140 Å². The smallest absolute Gasteiger partial charge is 0.407 e. The van der Waals surface area contributed by atoms with E-state index in [1.807, 2.05) is 0 Å². The number of carbonyl (C=O) groups excluding carboxylic acids is 7.